The SMILES string of the molecule is Cc1cc(-n2nccc2N)ccc1Oc1ccccc1F. The van der Waals surface area contributed by atoms with Gasteiger partial charge in [-0.05, 0) is 42.8 Å². The van der Waals surface area contributed by atoms with Gasteiger partial charge in [-0.1, -0.05) is 12.1 Å². The van der Waals surface area contributed by atoms with Crippen molar-refractivity contribution in [2.45, 2.75) is 6.92 Å². The van der Waals surface area contributed by atoms with Gasteiger partial charge < -0.3 is 10.5 Å². The molecule has 0 radical (unpaired) electrons. The summed E-state index contributed by atoms with van der Waals surface area (Å²) >= 11 is 0. The van der Waals surface area contributed by atoms with Crippen molar-refractivity contribution in [3.05, 3.63) is 66.1 Å². The Kier molecular flexibility index (Phi) is 3.31. The first-order valence-corrected chi connectivity index (χ1v) is 6.48. The van der Waals surface area contributed by atoms with Gasteiger partial charge in [-0.2, -0.15) is 5.10 Å². The van der Waals surface area contributed by atoms with Crippen LogP contribution in [-0.4, -0.2) is 9.78 Å². The van der Waals surface area contributed by atoms with Crippen LogP contribution in [0.4, 0.5) is 10.2 Å². The Balaban J connectivity index is 1.92. The highest BCUT2D eigenvalue weighted by molar-refractivity contribution is 5.48. The van der Waals surface area contributed by atoms with Gasteiger partial charge in [0, 0.05) is 6.07 Å². The molecule has 0 aliphatic heterocycles. The van der Waals surface area contributed by atoms with E-state index < -0.39 is 5.82 Å². The van der Waals surface area contributed by atoms with Gasteiger partial charge in [0.2, 0.25) is 0 Å². The molecule has 4 nitrogen and oxygen atoms in total. The summed E-state index contributed by atoms with van der Waals surface area (Å²) in [6.07, 6.45) is 1.63. The minimum Gasteiger partial charge on any atom is -0.454 e. The fraction of sp³-hybridized carbons (Fsp3) is 0.0625. The largest absolute Gasteiger partial charge is 0.454 e. The maximum Gasteiger partial charge on any atom is 0.165 e. The minimum atomic E-state index is -0.391. The summed E-state index contributed by atoms with van der Waals surface area (Å²) in [5.74, 6) is 0.955. The summed E-state index contributed by atoms with van der Waals surface area (Å²) in [4.78, 5) is 0. The van der Waals surface area contributed by atoms with Gasteiger partial charge in [-0.3, -0.25) is 0 Å². The molecule has 0 saturated carbocycles. The average Bonchev–Trinajstić information content (AvgIpc) is 2.89. The lowest BCUT2D eigenvalue weighted by atomic mass is 10.2. The number of nitrogens with zero attached hydrogens (tertiary/aromatic N) is 2. The topological polar surface area (TPSA) is 53.1 Å². The lowest BCUT2D eigenvalue weighted by Crippen LogP contribution is -2.02. The van der Waals surface area contributed by atoms with Crippen LogP contribution < -0.4 is 10.5 Å². The molecular formula is C16H14FN3O. The van der Waals surface area contributed by atoms with Crippen molar-refractivity contribution in [1.82, 2.24) is 9.78 Å². The number of ether oxygens (including phenoxy) is 1. The first kappa shape index (κ1) is 13.2. The number of nitrogen functional groups attached to an aromatic ring is 1. The standard InChI is InChI=1S/C16H14FN3O/c1-11-10-12(20-16(18)8-9-19-20)6-7-14(11)21-15-5-3-2-4-13(15)17/h2-10H,18H2,1H3. The number of halogens is 1. The number of aromatic nitrogens is 2. The molecule has 0 aliphatic carbocycles. The number of rotatable bonds is 3. The highest BCUT2D eigenvalue weighted by atomic mass is 19.1. The lowest BCUT2D eigenvalue weighted by molar-refractivity contribution is 0.439. The number of hydrogen-bond donors (Lipinski definition) is 1. The van der Waals surface area contributed by atoms with Crippen LogP contribution in [0.2, 0.25) is 0 Å². The van der Waals surface area contributed by atoms with Crippen LogP contribution in [0.5, 0.6) is 11.5 Å². The van der Waals surface area contributed by atoms with Crippen LogP contribution in [0.25, 0.3) is 5.69 Å². The van der Waals surface area contributed by atoms with E-state index in [9.17, 15) is 4.39 Å². The summed E-state index contributed by atoms with van der Waals surface area (Å²) < 4.78 is 20.8. The molecule has 0 spiro atoms. The predicted molar refractivity (Wildman–Crippen MR) is 79.2 cm³/mol. The van der Waals surface area contributed by atoms with Gasteiger partial charge in [0.25, 0.3) is 0 Å². The van der Waals surface area contributed by atoms with E-state index in [-0.39, 0.29) is 5.75 Å². The molecule has 106 valence electrons. The molecule has 21 heavy (non-hydrogen) atoms. The maximum absolute atomic E-state index is 13.6. The van der Waals surface area contributed by atoms with E-state index in [0.717, 1.165) is 11.3 Å². The predicted octanol–water partition coefficient (Wildman–Crippen LogP) is 3.69. The third kappa shape index (κ3) is 2.58. The van der Waals surface area contributed by atoms with E-state index in [1.54, 1.807) is 41.2 Å². The third-order valence-corrected chi connectivity index (χ3v) is 3.13. The first-order chi connectivity index (χ1) is 10.1. The highest BCUT2D eigenvalue weighted by Gasteiger charge is 2.08. The zero-order chi connectivity index (χ0) is 14.8. The number of nitrogens with two attached hydrogens (primary N) is 1. The Morgan fingerprint density at radius 3 is 2.57 bits per heavy atom. The van der Waals surface area contributed by atoms with E-state index >= 15 is 0 Å². The Hall–Kier alpha value is -2.82. The van der Waals surface area contributed by atoms with E-state index in [2.05, 4.69) is 5.10 Å². The molecule has 1 aromatic heterocycles. The molecule has 0 saturated heterocycles. The molecule has 0 atom stereocenters. The Bertz CT molecular complexity index is 783. The van der Waals surface area contributed by atoms with Crippen LogP contribution in [0.1, 0.15) is 5.56 Å². The highest BCUT2D eigenvalue weighted by Crippen LogP contribution is 2.28. The monoisotopic (exact) mass is 283 g/mol. The number of aryl methyl sites for hydroxylation is 1. The normalized spacial score (nSPS) is 10.6. The number of anilines is 1. The molecule has 1 heterocycles. The molecule has 0 fully saturated rings. The van der Waals surface area contributed by atoms with Gasteiger partial charge in [0.1, 0.15) is 11.6 Å². The summed E-state index contributed by atoms with van der Waals surface area (Å²) in [6, 6.07) is 13.5. The maximum atomic E-state index is 13.6. The smallest absolute Gasteiger partial charge is 0.165 e. The summed E-state index contributed by atoms with van der Waals surface area (Å²) in [5, 5.41) is 4.15. The molecule has 2 N–H and O–H groups in total. The quantitative estimate of drug-likeness (QED) is 0.797. The Morgan fingerprint density at radius 2 is 1.90 bits per heavy atom. The van der Waals surface area contributed by atoms with Crippen molar-refractivity contribution < 1.29 is 9.13 Å². The average molecular weight is 283 g/mol. The van der Waals surface area contributed by atoms with Crippen LogP contribution in [0, 0.1) is 12.7 Å². The number of benzene rings is 2. The van der Waals surface area contributed by atoms with Gasteiger partial charge in [0.15, 0.2) is 11.6 Å². The van der Waals surface area contributed by atoms with Crippen LogP contribution in [-0.2, 0) is 0 Å². The molecule has 0 bridgehead atoms. The minimum absolute atomic E-state index is 0.201. The molecule has 5 heteroatoms. The van der Waals surface area contributed by atoms with Gasteiger partial charge in [0.05, 0.1) is 11.9 Å². The van der Waals surface area contributed by atoms with E-state index in [1.807, 2.05) is 19.1 Å². The first-order valence-electron chi connectivity index (χ1n) is 6.48. The van der Waals surface area contributed by atoms with Crippen molar-refractivity contribution in [2.24, 2.45) is 0 Å². The van der Waals surface area contributed by atoms with Crippen molar-refractivity contribution >= 4 is 5.82 Å². The van der Waals surface area contributed by atoms with E-state index in [4.69, 9.17) is 10.5 Å². The summed E-state index contributed by atoms with van der Waals surface area (Å²) in [5.41, 5.74) is 7.52. The fourth-order valence-corrected chi connectivity index (χ4v) is 2.06. The van der Waals surface area contributed by atoms with Gasteiger partial charge >= 0.3 is 0 Å². The molecule has 0 unspecified atom stereocenters. The number of para-hydroxylation sites is 1. The second-order valence-corrected chi connectivity index (χ2v) is 4.65. The van der Waals surface area contributed by atoms with Crippen LogP contribution >= 0.6 is 0 Å². The molecule has 0 amide bonds. The second kappa shape index (κ2) is 5.28. The van der Waals surface area contributed by atoms with Gasteiger partial charge in [-0.15, -0.1) is 0 Å². The zero-order valence-electron chi connectivity index (χ0n) is 11.5. The number of hydrogen-bond acceptors (Lipinski definition) is 3. The zero-order valence-corrected chi connectivity index (χ0v) is 11.5. The van der Waals surface area contributed by atoms with Crippen molar-refractivity contribution in [1.29, 1.82) is 0 Å². The molecule has 2 aromatic carbocycles. The second-order valence-electron chi connectivity index (χ2n) is 4.65. The van der Waals surface area contributed by atoms with Crippen molar-refractivity contribution in [2.75, 3.05) is 5.73 Å². The molecule has 3 rings (SSSR count). The molecule has 3 aromatic rings. The third-order valence-electron chi connectivity index (χ3n) is 3.13. The summed E-state index contributed by atoms with van der Waals surface area (Å²) in [7, 11) is 0. The Morgan fingerprint density at radius 1 is 1.10 bits per heavy atom. The van der Waals surface area contributed by atoms with Gasteiger partial charge in [-0.25, -0.2) is 9.07 Å². The molecule has 0 aliphatic rings. The van der Waals surface area contributed by atoms with Crippen LogP contribution in [0.3, 0.4) is 0 Å². The lowest BCUT2D eigenvalue weighted by Gasteiger charge is -2.11. The van der Waals surface area contributed by atoms with Crippen LogP contribution in [0.15, 0.2) is 54.7 Å². The fourth-order valence-electron chi connectivity index (χ4n) is 2.06. The van der Waals surface area contributed by atoms with E-state index in [1.165, 1.54) is 6.07 Å². The van der Waals surface area contributed by atoms with E-state index in [0.29, 0.717) is 11.6 Å². The molecular weight excluding hydrogens is 269 g/mol. The van der Waals surface area contributed by atoms with Crippen molar-refractivity contribution in [3.8, 4) is 17.2 Å². The Labute approximate surface area is 121 Å². The summed E-state index contributed by atoms with van der Waals surface area (Å²) in [6.45, 7) is 1.89. The van der Waals surface area contributed by atoms with Crippen molar-refractivity contribution in [3.63, 3.8) is 0 Å².